The number of methoxy groups -OCH3 is 2. The maximum absolute atomic E-state index is 13.0. The monoisotopic (exact) mass is 477 g/mol. The van der Waals surface area contributed by atoms with Crippen LogP contribution in [0.2, 0.25) is 0 Å². The van der Waals surface area contributed by atoms with Gasteiger partial charge in [-0.25, -0.2) is 4.98 Å². The SMILES string of the molecule is COc1cc2c(cc1OC)CN(C(=O)CSc1cc(C(=O)NC3CC3)c3ccccc3n1)CC2. The van der Waals surface area contributed by atoms with Gasteiger partial charge in [0.2, 0.25) is 5.91 Å². The molecule has 1 saturated carbocycles. The van der Waals surface area contributed by atoms with Crippen LogP contribution in [-0.2, 0) is 17.8 Å². The molecule has 5 rings (SSSR count). The average molecular weight is 478 g/mol. The number of carbonyl (C=O) groups excluding carboxylic acids is 2. The van der Waals surface area contributed by atoms with Crippen LogP contribution in [0.1, 0.15) is 34.3 Å². The number of fused-ring (bicyclic) bond motifs is 2. The van der Waals surface area contributed by atoms with Crippen molar-refractivity contribution in [3.05, 3.63) is 59.2 Å². The number of nitrogens with one attached hydrogen (secondary N) is 1. The molecule has 176 valence electrons. The summed E-state index contributed by atoms with van der Waals surface area (Å²) in [5.74, 6) is 1.61. The van der Waals surface area contributed by atoms with Crippen LogP contribution in [0.4, 0.5) is 0 Å². The quantitative estimate of drug-likeness (QED) is 0.521. The molecule has 2 heterocycles. The molecule has 0 saturated heterocycles. The van der Waals surface area contributed by atoms with Crippen LogP contribution in [0.5, 0.6) is 11.5 Å². The highest BCUT2D eigenvalue weighted by Gasteiger charge is 2.26. The normalized spacial score (nSPS) is 15.1. The molecule has 1 aromatic heterocycles. The van der Waals surface area contributed by atoms with Crippen LogP contribution in [0.25, 0.3) is 10.9 Å². The first-order valence-electron chi connectivity index (χ1n) is 11.4. The first-order chi connectivity index (χ1) is 16.6. The molecule has 34 heavy (non-hydrogen) atoms. The summed E-state index contributed by atoms with van der Waals surface area (Å²) in [5, 5.41) is 4.57. The molecule has 1 N–H and O–H groups in total. The number of thioether (sulfide) groups is 1. The molecular weight excluding hydrogens is 450 g/mol. The van der Waals surface area contributed by atoms with Gasteiger partial charge in [-0.05, 0) is 54.7 Å². The lowest BCUT2D eigenvalue weighted by atomic mass is 9.99. The zero-order valence-electron chi connectivity index (χ0n) is 19.3. The molecule has 3 aromatic rings. The fourth-order valence-electron chi connectivity index (χ4n) is 4.23. The molecular formula is C26H27N3O4S. The fourth-order valence-corrected chi connectivity index (χ4v) is 5.04. The van der Waals surface area contributed by atoms with Crippen LogP contribution < -0.4 is 14.8 Å². The number of amides is 2. The summed E-state index contributed by atoms with van der Waals surface area (Å²) in [6.07, 6.45) is 2.83. The summed E-state index contributed by atoms with van der Waals surface area (Å²) in [6, 6.07) is 13.7. The fraction of sp³-hybridized carbons (Fsp3) is 0.346. The molecule has 1 fully saturated rings. The Balaban J connectivity index is 1.30. The van der Waals surface area contributed by atoms with Crippen LogP contribution in [-0.4, -0.2) is 54.3 Å². The summed E-state index contributed by atoms with van der Waals surface area (Å²) < 4.78 is 10.8. The molecule has 1 aliphatic heterocycles. The summed E-state index contributed by atoms with van der Waals surface area (Å²) >= 11 is 1.37. The predicted molar refractivity (Wildman–Crippen MR) is 132 cm³/mol. The number of para-hydroxylation sites is 1. The minimum absolute atomic E-state index is 0.0457. The van der Waals surface area contributed by atoms with Crippen molar-refractivity contribution in [1.82, 2.24) is 15.2 Å². The second-order valence-electron chi connectivity index (χ2n) is 8.60. The van der Waals surface area contributed by atoms with Gasteiger partial charge in [-0.2, -0.15) is 0 Å². The molecule has 8 heteroatoms. The highest BCUT2D eigenvalue weighted by molar-refractivity contribution is 7.99. The van der Waals surface area contributed by atoms with Crippen molar-refractivity contribution in [2.24, 2.45) is 0 Å². The molecule has 7 nitrogen and oxygen atoms in total. The summed E-state index contributed by atoms with van der Waals surface area (Å²) in [5.41, 5.74) is 3.62. The number of pyridine rings is 1. The first-order valence-corrected chi connectivity index (χ1v) is 12.4. The Morgan fingerprint density at radius 1 is 1.09 bits per heavy atom. The van der Waals surface area contributed by atoms with Crippen LogP contribution in [0.3, 0.4) is 0 Å². The molecule has 0 radical (unpaired) electrons. The number of nitrogens with zero attached hydrogens (tertiary/aromatic N) is 2. The average Bonchev–Trinajstić information content (AvgIpc) is 3.69. The van der Waals surface area contributed by atoms with E-state index in [2.05, 4.69) is 10.3 Å². The van der Waals surface area contributed by atoms with E-state index >= 15 is 0 Å². The van der Waals surface area contributed by atoms with E-state index in [1.54, 1.807) is 20.3 Å². The van der Waals surface area contributed by atoms with Gasteiger partial charge in [0.15, 0.2) is 11.5 Å². The Bertz CT molecular complexity index is 1260. The number of aromatic nitrogens is 1. The Hall–Kier alpha value is -3.26. The molecule has 0 unspecified atom stereocenters. The second-order valence-corrected chi connectivity index (χ2v) is 9.60. The van der Waals surface area contributed by atoms with Gasteiger partial charge in [0, 0.05) is 24.5 Å². The lowest BCUT2D eigenvalue weighted by Crippen LogP contribution is -2.37. The van der Waals surface area contributed by atoms with Crippen molar-refractivity contribution in [2.75, 3.05) is 26.5 Å². The van der Waals surface area contributed by atoms with Crippen LogP contribution >= 0.6 is 11.8 Å². The van der Waals surface area contributed by atoms with Gasteiger partial charge in [0.25, 0.3) is 5.91 Å². The lowest BCUT2D eigenvalue weighted by molar-refractivity contribution is -0.129. The van der Waals surface area contributed by atoms with E-state index in [0.29, 0.717) is 35.2 Å². The third kappa shape index (κ3) is 4.68. The molecule has 0 atom stereocenters. The van der Waals surface area contributed by atoms with Gasteiger partial charge in [0.05, 0.1) is 36.1 Å². The van der Waals surface area contributed by atoms with Gasteiger partial charge in [-0.3, -0.25) is 9.59 Å². The minimum Gasteiger partial charge on any atom is -0.493 e. The Morgan fingerprint density at radius 2 is 1.82 bits per heavy atom. The Labute approximate surface area is 202 Å². The molecule has 2 amide bonds. The third-order valence-electron chi connectivity index (χ3n) is 6.26. The van der Waals surface area contributed by atoms with Gasteiger partial charge >= 0.3 is 0 Å². The largest absolute Gasteiger partial charge is 0.493 e. The number of carbonyl (C=O) groups is 2. The smallest absolute Gasteiger partial charge is 0.252 e. The van der Waals surface area contributed by atoms with Gasteiger partial charge in [0.1, 0.15) is 0 Å². The standard InChI is InChI=1S/C26H27N3O4S/c1-32-22-11-16-9-10-29(14-17(16)12-23(22)33-2)25(30)15-34-24-13-20(26(31)27-18-7-8-18)19-5-3-4-6-21(19)28-24/h3-6,11-13,18H,7-10,14-15H2,1-2H3,(H,27,31). The number of hydrogen-bond donors (Lipinski definition) is 1. The second kappa shape index (κ2) is 9.54. The van der Waals surface area contributed by atoms with Crippen LogP contribution in [0.15, 0.2) is 47.5 Å². The van der Waals surface area contributed by atoms with E-state index in [9.17, 15) is 9.59 Å². The van der Waals surface area contributed by atoms with Gasteiger partial charge < -0.3 is 19.7 Å². The number of hydrogen-bond acceptors (Lipinski definition) is 6. The molecule has 0 bridgehead atoms. The molecule has 0 spiro atoms. The van der Waals surface area contributed by atoms with Gasteiger partial charge in [-0.1, -0.05) is 30.0 Å². The topological polar surface area (TPSA) is 80.8 Å². The van der Waals surface area contributed by atoms with Crippen molar-refractivity contribution >= 4 is 34.5 Å². The van der Waals surface area contributed by atoms with E-state index in [4.69, 9.17) is 9.47 Å². The third-order valence-corrected chi connectivity index (χ3v) is 7.16. The van der Waals surface area contributed by atoms with Crippen molar-refractivity contribution < 1.29 is 19.1 Å². The predicted octanol–water partition coefficient (Wildman–Crippen LogP) is 3.82. The maximum atomic E-state index is 13.0. The van der Waals surface area contributed by atoms with Crippen molar-refractivity contribution in [3.8, 4) is 11.5 Å². The first kappa shape index (κ1) is 22.5. The van der Waals surface area contributed by atoms with Crippen molar-refractivity contribution in [2.45, 2.75) is 36.9 Å². The summed E-state index contributed by atoms with van der Waals surface area (Å²) in [4.78, 5) is 32.4. The highest BCUT2D eigenvalue weighted by atomic mass is 32.2. The van der Waals surface area contributed by atoms with Crippen molar-refractivity contribution in [3.63, 3.8) is 0 Å². The molecule has 2 aliphatic rings. The van der Waals surface area contributed by atoms with E-state index in [0.717, 1.165) is 35.7 Å². The van der Waals surface area contributed by atoms with Crippen LogP contribution in [0, 0.1) is 0 Å². The van der Waals surface area contributed by atoms with E-state index in [1.165, 1.54) is 17.3 Å². The molecule has 1 aliphatic carbocycles. The number of rotatable bonds is 7. The van der Waals surface area contributed by atoms with E-state index < -0.39 is 0 Å². The summed E-state index contributed by atoms with van der Waals surface area (Å²) in [6.45, 7) is 1.19. The van der Waals surface area contributed by atoms with Crippen molar-refractivity contribution in [1.29, 1.82) is 0 Å². The zero-order valence-corrected chi connectivity index (χ0v) is 20.1. The molecule has 2 aromatic carbocycles. The van der Waals surface area contributed by atoms with E-state index in [-0.39, 0.29) is 23.6 Å². The zero-order chi connectivity index (χ0) is 23.7. The lowest BCUT2D eigenvalue weighted by Gasteiger charge is -2.29. The Morgan fingerprint density at radius 3 is 2.56 bits per heavy atom. The highest BCUT2D eigenvalue weighted by Crippen LogP contribution is 2.33. The minimum atomic E-state index is -0.0775. The van der Waals surface area contributed by atoms with Gasteiger partial charge in [-0.15, -0.1) is 0 Å². The maximum Gasteiger partial charge on any atom is 0.252 e. The summed E-state index contributed by atoms with van der Waals surface area (Å²) in [7, 11) is 3.24. The number of benzene rings is 2. The Kier molecular flexibility index (Phi) is 6.32. The van der Waals surface area contributed by atoms with E-state index in [1.807, 2.05) is 41.3 Å². The number of ether oxygens (including phenoxy) is 2.